The van der Waals surface area contributed by atoms with Crippen LogP contribution in [-0.4, -0.2) is 32.2 Å². The zero-order valence-electron chi connectivity index (χ0n) is 12.9. The van der Waals surface area contributed by atoms with Crippen LogP contribution in [-0.2, 0) is 6.42 Å². The number of amides is 1. The van der Waals surface area contributed by atoms with E-state index >= 15 is 0 Å². The number of hydrogen-bond acceptors (Lipinski definition) is 4. The van der Waals surface area contributed by atoms with Crippen LogP contribution in [0, 0.1) is 0 Å². The van der Waals surface area contributed by atoms with Crippen molar-refractivity contribution in [3.63, 3.8) is 0 Å². The topological polar surface area (TPSA) is 63.9 Å². The summed E-state index contributed by atoms with van der Waals surface area (Å²) in [6.45, 7) is 2.02. The molecule has 7 heteroatoms. The summed E-state index contributed by atoms with van der Waals surface area (Å²) in [6, 6.07) is 15.0. The molecule has 1 aliphatic heterocycles. The summed E-state index contributed by atoms with van der Waals surface area (Å²) in [5, 5.41) is 12.7. The second-order valence-corrected chi connectivity index (χ2v) is 6.17. The lowest BCUT2D eigenvalue weighted by atomic mass is 10.1. The minimum absolute atomic E-state index is 0.0670. The smallest absolute Gasteiger partial charge is 0.300 e. The molecule has 3 aromatic rings. The molecule has 4 rings (SSSR count). The van der Waals surface area contributed by atoms with Gasteiger partial charge in [-0.3, -0.25) is 4.79 Å². The third kappa shape index (κ3) is 2.45. The molecule has 1 amide bonds. The lowest BCUT2D eigenvalue weighted by molar-refractivity contribution is 0.0971. The third-order valence-corrected chi connectivity index (χ3v) is 4.34. The molecule has 0 spiro atoms. The van der Waals surface area contributed by atoms with E-state index in [1.54, 1.807) is 29.2 Å². The SMILES string of the molecule is C[C@H]1Cc2ccccc2N1C(=O)c1nnn(-c2ccc(Cl)cc2)n1. The lowest BCUT2D eigenvalue weighted by Gasteiger charge is -2.20. The first-order valence-electron chi connectivity index (χ1n) is 7.61. The normalized spacial score (nSPS) is 16.2. The van der Waals surface area contributed by atoms with Crippen LogP contribution in [0.25, 0.3) is 5.69 Å². The number of aromatic nitrogens is 4. The Bertz CT molecular complexity index is 905. The predicted octanol–water partition coefficient (Wildman–Crippen LogP) is 2.91. The first kappa shape index (κ1) is 14.8. The summed E-state index contributed by atoms with van der Waals surface area (Å²) in [4.78, 5) is 15.9. The number of anilines is 1. The van der Waals surface area contributed by atoms with Crippen molar-refractivity contribution in [1.29, 1.82) is 0 Å². The number of tetrazole rings is 1. The van der Waals surface area contributed by atoms with Gasteiger partial charge < -0.3 is 4.90 Å². The second-order valence-electron chi connectivity index (χ2n) is 5.74. The highest BCUT2D eigenvalue weighted by atomic mass is 35.5. The Balaban J connectivity index is 1.65. The van der Waals surface area contributed by atoms with Gasteiger partial charge in [0.15, 0.2) is 0 Å². The molecule has 1 aliphatic rings. The van der Waals surface area contributed by atoms with Crippen LogP contribution in [0.2, 0.25) is 5.02 Å². The van der Waals surface area contributed by atoms with E-state index in [1.807, 2.05) is 31.2 Å². The number of carbonyl (C=O) groups is 1. The summed E-state index contributed by atoms with van der Waals surface area (Å²) in [5.41, 5.74) is 2.77. The molecule has 0 aliphatic carbocycles. The van der Waals surface area contributed by atoms with Gasteiger partial charge in [-0.2, -0.15) is 0 Å². The predicted molar refractivity (Wildman–Crippen MR) is 90.6 cm³/mol. The molecule has 24 heavy (non-hydrogen) atoms. The molecular weight excluding hydrogens is 326 g/mol. The molecule has 2 heterocycles. The molecule has 2 aromatic carbocycles. The van der Waals surface area contributed by atoms with Gasteiger partial charge in [0.05, 0.1) is 5.69 Å². The van der Waals surface area contributed by atoms with Gasteiger partial charge in [-0.05, 0) is 54.5 Å². The highest BCUT2D eigenvalue weighted by Gasteiger charge is 2.33. The number of hydrogen-bond donors (Lipinski definition) is 0. The molecule has 0 N–H and O–H groups in total. The Morgan fingerprint density at radius 3 is 2.71 bits per heavy atom. The fourth-order valence-electron chi connectivity index (χ4n) is 2.97. The summed E-state index contributed by atoms with van der Waals surface area (Å²) in [7, 11) is 0. The molecule has 0 radical (unpaired) electrons. The van der Waals surface area contributed by atoms with E-state index in [1.165, 1.54) is 4.80 Å². The van der Waals surface area contributed by atoms with Crippen LogP contribution < -0.4 is 4.90 Å². The lowest BCUT2D eigenvalue weighted by Crippen LogP contribution is -2.36. The Hall–Kier alpha value is -2.73. The third-order valence-electron chi connectivity index (χ3n) is 4.09. The van der Waals surface area contributed by atoms with Gasteiger partial charge in [-0.25, -0.2) is 0 Å². The van der Waals surface area contributed by atoms with Gasteiger partial charge in [-0.1, -0.05) is 29.8 Å². The maximum absolute atomic E-state index is 12.8. The molecule has 6 nitrogen and oxygen atoms in total. The van der Waals surface area contributed by atoms with Crippen LogP contribution in [0.4, 0.5) is 5.69 Å². The van der Waals surface area contributed by atoms with E-state index in [0.29, 0.717) is 10.7 Å². The van der Waals surface area contributed by atoms with Crippen molar-refractivity contribution >= 4 is 23.2 Å². The molecule has 0 unspecified atom stereocenters. The fraction of sp³-hybridized carbons (Fsp3) is 0.176. The molecule has 0 bridgehead atoms. The van der Waals surface area contributed by atoms with Crippen molar-refractivity contribution in [3.8, 4) is 5.69 Å². The van der Waals surface area contributed by atoms with Crippen molar-refractivity contribution in [2.45, 2.75) is 19.4 Å². The highest BCUT2D eigenvalue weighted by molar-refractivity contribution is 6.30. The Morgan fingerprint density at radius 1 is 1.17 bits per heavy atom. The first-order valence-corrected chi connectivity index (χ1v) is 7.99. The van der Waals surface area contributed by atoms with Gasteiger partial charge >= 0.3 is 0 Å². The van der Waals surface area contributed by atoms with E-state index < -0.39 is 0 Å². The molecule has 120 valence electrons. The van der Waals surface area contributed by atoms with Crippen molar-refractivity contribution in [1.82, 2.24) is 20.2 Å². The van der Waals surface area contributed by atoms with E-state index in [2.05, 4.69) is 15.4 Å². The molecule has 1 atom stereocenters. The van der Waals surface area contributed by atoms with E-state index in [0.717, 1.165) is 17.7 Å². The van der Waals surface area contributed by atoms with Crippen molar-refractivity contribution in [3.05, 3.63) is 64.9 Å². The van der Waals surface area contributed by atoms with E-state index in [9.17, 15) is 4.79 Å². The highest BCUT2D eigenvalue weighted by Crippen LogP contribution is 2.32. The number of rotatable bonds is 2. The Kier molecular flexibility index (Phi) is 3.54. The number of para-hydroxylation sites is 1. The number of nitrogens with zero attached hydrogens (tertiary/aromatic N) is 5. The Morgan fingerprint density at radius 2 is 1.92 bits per heavy atom. The van der Waals surface area contributed by atoms with Crippen molar-refractivity contribution in [2.75, 3.05) is 4.90 Å². The van der Waals surface area contributed by atoms with Crippen LogP contribution >= 0.6 is 11.6 Å². The molecule has 0 saturated carbocycles. The maximum atomic E-state index is 12.8. The van der Waals surface area contributed by atoms with Crippen LogP contribution in [0.1, 0.15) is 23.1 Å². The van der Waals surface area contributed by atoms with E-state index in [4.69, 9.17) is 11.6 Å². The number of benzene rings is 2. The molecule has 1 aromatic heterocycles. The molecular formula is C17H14ClN5O. The summed E-state index contributed by atoms with van der Waals surface area (Å²) < 4.78 is 0. The number of halogens is 1. The van der Waals surface area contributed by atoms with Crippen LogP contribution in [0.5, 0.6) is 0 Å². The quantitative estimate of drug-likeness (QED) is 0.720. The van der Waals surface area contributed by atoms with Gasteiger partial charge in [0, 0.05) is 16.8 Å². The minimum Gasteiger partial charge on any atom is -0.302 e. The minimum atomic E-state index is -0.243. The van der Waals surface area contributed by atoms with Gasteiger partial charge in [0.1, 0.15) is 0 Å². The summed E-state index contributed by atoms with van der Waals surface area (Å²) in [6.07, 6.45) is 0.827. The average molecular weight is 340 g/mol. The van der Waals surface area contributed by atoms with Crippen LogP contribution in [0.3, 0.4) is 0 Å². The zero-order chi connectivity index (χ0) is 16.7. The maximum Gasteiger partial charge on any atom is 0.300 e. The largest absolute Gasteiger partial charge is 0.302 e. The summed E-state index contributed by atoms with van der Waals surface area (Å²) >= 11 is 5.88. The molecule has 0 saturated heterocycles. The standard InChI is InChI=1S/C17H14ClN5O/c1-11-10-12-4-2-3-5-15(12)22(11)17(24)16-19-21-23(20-16)14-8-6-13(18)7-9-14/h2-9,11H,10H2,1H3/t11-/m0/s1. The monoisotopic (exact) mass is 339 g/mol. The molecule has 0 fully saturated rings. The van der Waals surface area contributed by atoms with Gasteiger partial charge in [-0.15, -0.1) is 15.0 Å². The second kappa shape index (κ2) is 5.72. The van der Waals surface area contributed by atoms with Crippen molar-refractivity contribution < 1.29 is 4.79 Å². The first-order chi connectivity index (χ1) is 11.6. The van der Waals surface area contributed by atoms with Gasteiger partial charge in [0.25, 0.3) is 11.7 Å². The fourth-order valence-corrected chi connectivity index (χ4v) is 3.09. The average Bonchev–Trinajstić information content (AvgIpc) is 3.19. The van der Waals surface area contributed by atoms with Gasteiger partial charge in [0.2, 0.25) is 0 Å². The van der Waals surface area contributed by atoms with Crippen LogP contribution in [0.15, 0.2) is 48.5 Å². The number of fused-ring (bicyclic) bond motifs is 1. The number of carbonyl (C=O) groups excluding carboxylic acids is 1. The summed E-state index contributed by atoms with van der Waals surface area (Å²) in [5.74, 6) is -0.166. The Labute approximate surface area is 143 Å². The van der Waals surface area contributed by atoms with Crippen molar-refractivity contribution in [2.24, 2.45) is 0 Å². The van der Waals surface area contributed by atoms with E-state index in [-0.39, 0.29) is 17.8 Å². The zero-order valence-corrected chi connectivity index (χ0v) is 13.7.